The van der Waals surface area contributed by atoms with E-state index in [1.54, 1.807) is 0 Å². The highest BCUT2D eigenvalue weighted by molar-refractivity contribution is 6.36. The number of halogens is 1. The molecule has 2 N–H and O–H groups in total. The number of piperidine rings is 1. The van der Waals surface area contributed by atoms with Gasteiger partial charge in [-0.15, -0.1) is 6.08 Å². The van der Waals surface area contributed by atoms with Gasteiger partial charge in [0.05, 0.1) is 31.6 Å². The van der Waals surface area contributed by atoms with Gasteiger partial charge in [-0.1, -0.05) is 41.6 Å². The van der Waals surface area contributed by atoms with E-state index in [9.17, 15) is 9.18 Å². The largest absolute Gasteiger partial charge is 0.375 e. The molecule has 43 heavy (non-hydrogen) atoms. The zero-order chi connectivity index (χ0) is 30.9. The number of hydrogen-bond donors (Lipinski definition) is 2. The van der Waals surface area contributed by atoms with Crippen LogP contribution in [0.1, 0.15) is 51.8 Å². The Hall–Kier alpha value is -3.36. The van der Waals surface area contributed by atoms with Crippen LogP contribution in [0.25, 0.3) is 11.3 Å². The Balaban J connectivity index is 1.47. The van der Waals surface area contributed by atoms with Gasteiger partial charge in [-0.3, -0.25) is 10.5 Å². The normalized spacial score (nSPS) is 19.9. The van der Waals surface area contributed by atoms with Crippen molar-refractivity contribution in [2.24, 2.45) is 0 Å². The number of benzene rings is 1. The third kappa shape index (κ3) is 9.07. The summed E-state index contributed by atoms with van der Waals surface area (Å²) in [6, 6.07) is 7.88. The molecule has 9 heteroatoms. The summed E-state index contributed by atoms with van der Waals surface area (Å²) < 4.78 is 31.7. The van der Waals surface area contributed by atoms with Crippen LogP contribution >= 0.6 is 0 Å². The van der Waals surface area contributed by atoms with Gasteiger partial charge in [0.15, 0.2) is 11.4 Å². The SMILES string of the molecule is [B]c1c(C2([CH-]C3=C=CC=C(COCC(C)(F)COC(C)C)C=C3)CCCNC2)noc1-c1ccccc1CCNC(C)=O. The Labute approximate surface area is 256 Å². The summed E-state index contributed by atoms with van der Waals surface area (Å²) in [5.41, 5.74) is 6.18. The van der Waals surface area contributed by atoms with Gasteiger partial charge in [0.25, 0.3) is 0 Å². The van der Waals surface area contributed by atoms with Crippen LogP contribution in [0.4, 0.5) is 4.39 Å². The second kappa shape index (κ2) is 14.9. The number of amides is 1. The predicted octanol–water partition coefficient (Wildman–Crippen LogP) is 4.39. The summed E-state index contributed by atoms with van der Waals surface area (Å²) in [6.07, 6.45) is 12.3. The minimum absolute atomic E-state index is 0.00815. The summed E-state index contributed by atoms with van der Waals surface area (Å²) in [5.74, 6) is 0.467. The topological polar surface area (TPSA) is 85.6 Å². The predicted molar refractivity (Wildman–Crippen MR) is 168 cm³/mol. The van der Waals surface area contributed by atoms with Crippen molar-refractivity contribution < 1.29 is 23.2 Å². The first-order valence-electron chi connectivity index (χ1n) is 15.0. The quantitative estimate of drug-likeness (QED) is 0.194. The molecule has 2 aliphatic rings. The Bertz CT molecular complexity index is 1380. The van der Waals surface area contributed by atoms with Crippen LogP contribution in [-0.2, 0) is 26.1 Å². The van der Waals surface area contributed by atoms with Gasteiger partial charge in [-0.05, 0) is 69.7 Å². The van der Waals surface area contributed by atoms with E-state index in [-0.39, 0.29) is 31.8 Å². The highest BCUT2D eigenvalue weighted by Crippen LogP contribution is 2.37. The highest BCUT2D eigenvalue weighted by Gasteiger charge is 2.36. The molecule has 2 radical (unpaired) electrons. The van der Waals surface area contributed by atoms with Crippen molar-refractivity contribution in [1.29, 1.82) is 0 Å². The molecule has 0 bridgehead atoms. The van der Waals surface area contributed by atoms with Crippen LogP contribution in [0.3, 0.4) is 0 Å². The fourth-order valence-corrected chi connectivity index (χ4v) is 5.30. The van der Waals surface area contributed by atoms with Crippen molar-refractivity contribution in [3.8, 4) is 11.3 Å². The molecule has 0 spiro atoms. The molecular formula is C34H42BFN3O4-. The second-order valence-electron chi connectivity index (χ2n) is 11.9. The van der Waals surface area contributed by atoms with Gasteiger partial charge in [0, 0.05) is 24.4 Å². The van der Waals surface area contributed by atoms with E-state index in [1.807, 2.05) is 62.4 Å². The fraction of sp³-hybridized carbons (Fsp3) is 0.471. The van der Waals surface area contributed by atoms with Gasteiger partial charge in [0.2, 0.25) is 5.91 Å². The maximum Gasteiger partial charge on any atom is 0.216 e. The van der Waals surface area contributed by atoms with Crippen LogP contribution in [0.5, 0.6) is 0 Å². The molecule has 1 aliphatic heterocycles. The van der Waals surface area contributed by atoms with Crippen LogP contribution < -0.4 is 16.1 Å². The first-order chi connectivity index (χ1) is 20.6. The van der Waals surface area contributed by atoms with Gasteiger partial charge >= 0.3 is 0 Å². The van der Waals surface area contributed by atoms with Crippen molar-refractivity contribution in [2.45, 2.75) is 64.1 Å². The zero-order valence-electron chi connectivity index (χ0n) is 25.7. The number of aromatic nitrogens is 1. The summed E-state index contributed by atoms with van der Waals surface area (Å²) in [7, 11) is 6.79. The van der Waals surface area contributed by atoms with Crippen LogP contribution in [-0.4, -0.2) is 70.1 Å². The Kier molecular flexibility index (Phi) is 11.3. The average molecular weight is 587 g/mol. The number of ether oxygens (including phenoxy) is 2. The van der Waals surface area contributed by atoms with Gasteiger partial charge in [0.1, 0.15) is 7.85 Å². The number of carbonyl (C=O) groups is 1. The van der Waals surface area contributed by atoms with E-state index in [1.165, 1.54) is 13.8 Å². The second-order valence-corrected chi connectivity index (χ2v) is 11.9. The maximum absolute atomic E-state index is 14.7. The minimum Gasteiger partial charge on any atom is -0.375 e. The minimum atomic E-state index is -1.56. The monoisotopic (exact) mass is 586 g/mol. The van der Waals surface area contributed by atoms with Gasteiger partial charge in [-0.25, -0.2) is 4.39 Å². The molecule has 1 aromatic carbocycles. The van der Waals surface area contributed by atoms with Crippen molar-refractivity contribution in [3.05, 3.63) is 83.1 Å². The maximum atomic E-state index is 14.7. The fourth-order valence-electron chi connectivity index (χ4n) is 5.30. The number of hydrogen-bond acceptors (Lipinski definition) is 6. The third-order valence-electron chi connectivity index (χ3n) is 7.49. The summed E-state index contributed by atoms with van der Waals surface area (Å²) in [6.45, 7) is 9.06. The Morgan fingerprint density at radius 1 is 1.33 bits per heavy atom. The molecule has 2 atom stereocenters. The number of carbonyl (C=O) groups excluding carboxylic acids is 1. The van der Waals surface area contributed by atoms with E-state index >= 15 is 0 Å². The van der Waals surface area contributed by atoms with Gasteiger partial charge < -0.3 is 24.6 Å². The number of allylic oxidation sites excluding steroid dienone is 3. The average Bonchev–Trinajstić information content (AvgIpc) is 3.22. The molecule has 228 valence electrons. The number of nitrogens with one attached hydrogen (secondary N) is 2. The van der Waals surface area contributed by atoms with E-state index in [0.717, 1.165) is 41.7 Å². The Morgan fingerprint density at radius 2 is 2.14 bits per heavy atom. The molecule has 7 nitrogen and oxygen atoms in total. The van der Waals surface area contributed by atoms with E-state index in [2.05, 4.69) is 27.9 Å². The molecule has 1 aromatic heterocycles. The molecule has 2 aromatic rings. The van der Waals surface area contributed by atoms with Crippen LogP contribution in [0.15, 0.2) is 70.0 Å². The number of rotatable bonds is 14. The van der Waals surface area contributed by atoms with E-state index in [4.69, 9.17) is 21.8 Å². The lowest BCUT2D eigenvalue weighted by Gasteiger charge is -2.40. The molecule has 1 fully saturated rings. The highest BCUT2D eigenvalue weighted by atomic mass is 19.1. The lowest BCUT2D eigenvalue weighted by atomic mass is 9.69. The molecule has 1 aliphatic carbocycles. The van der Waals surface area contributed by atoms with E-state index < -0.39 is 11.1 Å². The molecule has 1 amide bonds. The Morgan fingerprint density at radius 3 is 2.88 bits per heavy atom. The summed E-state index contributed by atoms with van der Waals surface area (Å²) in [4.78, 5) is 11.4. The number of alkyl halides is 1. The summed E-state index contributed by atoms with van der Waals surface area (Å²) >= 11 is 0. The van der Waals surface area contributed by atoms with Gasteiger partial charge in [-0.2, -0.15) is 18.1 Å². The molecule has 2 heterocycles. The van der Waals surface area contributed by atoms with Crippen LogP contribution in [0, 0.1) is 6.42 Å². The number of nitrogens with zero attached hydrogens (tertiary/aromatic N) is 1. The lowest BCUT2D eigenvalue weighted by Crippen LogP contribution is -2.46. The smallest absolute Gasteiger partial charge is 0.216 e. The zero-order valence-corrected chi connectivity index (χ0v) is 25.7. The summed E-state index contributed by atoms with van der Waals surface area (Å²) in [5, 5.41) is 10.9. The lowest BCUT2D eigenvalue weighted by molar-refractivity contribution is -0.118. The van der Waals surface area contributed by atoms with E-state index in [0.29, 0.717) is 36.4 Å². The third-order valence-corrected chi connectivity index (χ3v) is 7.49. The standard InChI is InChI=1S/C34H42BFN3O4/c1-24(2)42-23-33(4,36)22-41-20-27-10-7-9-26(13-14-27)19-34(16-8-17-37-21-34)32-30(35)31(43-39-32)29-12-6-5-11-28(29)15-18-38-25(3)40/h5-7,10-14,19,24,37H,8,15-18,20-23H2,1-4H3,(H,38,40)/q-1. The van der Waals surface area contributed by atoms with Crippen molar-refractivity contribution >= 4 is 19.2 Å². The first-order valence-corrected chi connectivity index (χ1v) is 15.0. The van der Waals surface area contributed by atoms with Crippen molar-refractivity contribution in [2.75, 3.05) is 39.5 Å². The molecule has 2 unspecified atom stereocenters. The molecule has 4 rings (SSSR count). The molecule has 0 saturated carbocycles. The molecular weight excluding hydrogens is 544 g/mol. The molecule has 1 saturated heterocycles. The van der Waals surface area contributed by atoms with Crippen LogP contribution in [0.2, 0.25) is 0 Å². The van der Waals surface area contributed by atoms with Crippen molar-refractivity contribution in [3.63, 3.8) is 0 Å². The van der Waals surface area contributed by atoms with Crippen molar-refractivity contribution in [1.82, 2.24) is 15.8 Å². The first kappa shape index (κ1) is 32.6.